The summed E-state index contributed by atoms with van der Waals surface area (Å²) in [5.41, 5.74) is 5.34. The summed E-state index contributed by atoms with van der Waals surface area (Å²) in [6, 6.07) is 3.53. The van der Waals surface area contributed by atoms with Crippen LogP contribution in [-0.4, -0.2) is 29.1 Å². The Hall–Kier alpha value is -2.87. The van der Waals surface area contributed by atoms with E-state index in [1.807, 2.05) is 0 Å². The van der Waals surface area contributed by atoms with Gasteiger partial charge in [0.2, 0.25) is 0 Å². The number of nitrogens with one attached hydrogen (secondary N) is 1. The molecule has 0 unspecified atom stereocenters. The quantitative estimate of drug-likeness (QED) is 0.549. The molecular weight excluding hydrogens is 236 g/mol. The Labute approximate surface area is 103 Å². The molecule has 0 atom stereocenters. The third-order valence-corrected chi connectivity index (χ3v) is 1.83. The van der Waals surface area contributed by atoms with E-state index in [2.05, 4.69) is 15.3 Å². The van der Waals surface area contributed by atoms with E-state index >= 15 is 0 Å². The lowest BCUT2D eigenvalue weighted by atomic mass is 10.3. The van der Waals surface area contributed by atoms with E-state index in [1.54, 1.807) is 12.1 Å². The average Bonchev–Trinajstić information content (AvgIpc) is 2.34. The molecular formula is C10H10N6O2. The first kappa shape index (κ1) is 13.2. The number of nitrogens with two attached hydrogens (primary N) is 1. The van der Waals surface area contributed by atoms with E-state index in [0.29, 0.717) is 0 Å². The van der Waals surface area contributed by atoms with Crippen LogP contribution in [0.3, 0.4) is 0 Å². The minimum atomic E-state index is -0.400. The summed E-state index contributed by atoms with van der Waals surface area (Å²) in [5, 5.41) is 20.3. The predicted octanol–water partition coefficient (Wildman–Crippen LogP) is -0.223. The lowest BCUT2D eigenvalue weighted by Crippen LogP contribution is -2.15. The first-order valence-corrected chi connectivity index (χ1v) is 4.93. The monoisotopic (exact) mass is 246 g/mol. The van der Waals surface area contributed by atoms with E-state index < -0.39 is 5.97 Å². The maximum Gasteiger partial charge on any atom is 0.302 e. The highest BCUT2D eigenvalue weighted by Gasteiger charge is 2.10. The third-order valence-electron chi connectivity index (χ3n) is 1.83. The molecule has 0 radical (unpaired) electrons. The third kappa shape index (κ3) is 3.32. The molecule has 0 spiro atoms. The smallest absolute Gasteiger partial charge is 0.302 e. The highest BCUT2D eigenvalue weighted by Crippen LogP contribution is 2.13. The first-order chi connectivity index (χ1) is 8.58. The van der Waals surface area contributed by atoms with Crippen molar-refractivity contribution in [3.05, 3.63) is 11.4 Å². The summed E-state index contributed by atoms with van der Waals surface area (Å²) in [7, 11) is 0. The van der Waals surface area contributed by atoms with Gasteiger partial charge in [0, 0.05) is 6.92 Å². The average molecular weight is 246 g/mol. The van der Waals surface area contributed by atoms with Gasteiger partial charge in [0.15, 0.2) is 23.0 Å². The molecule has 0 aliphatic carbocycles. The molecule has 1 aromatic heterocycles. The van der Waals surface area contributed by atoms with Crippen LogP contribution in [0.25, 0.3) is 0 Å². The fraction of sp³-hybridized carbons (Fsp3) is 0.300. The van der Waals surface area contributed by atoms with Crippen molar-refractivity contribution in [3.8, 4) is 12.1 Å². The highest BCUT2D eigenvalue weighted by molar-refractivity contribution is 5.65. The molecule has 92 valence electrons. The van der Waals surface area contributed by atoms with Gasteiger partial charge in [-0.3, -0.25) is 4.79 Å². The molecule has 3 N–H and O–H groups in total. The number of hydrogen-bond donors (Lipinski definition) is 2. The van der Waals surface area contributed by atoms with Gasteiger partial charge < -0.3 is 15.8 Å². The maximum absolute atomic E-state index is 10.5. The topological polar surface area (TPSA) is 138 Å². The van der Waals surface area contributed by atoms with Crippen LogP contribution in [-0.2, 0) is 9.53 Å². The lowest BCUT2D eigenvalue weighted by Gasteiger charge is -2.07. The Kier molecular flexibility index (Phi) is 4.41. The fourth-order valence-electron chi connectivity index (χ4n) is 1.10. The number of nitriles is 2. The molecule has 0 fully saturated rings. The Bertz CT molecular complexity index is 543. The lowest BCUT2D eigenvalue weighted by molar-refractivity contribution is -0.140. The van der Waals surface area contributed by atoms with Crippen molar-refractivity contribution in [2.45, 2.75) is 6.92 Å². The van der Waals surface area contributed by atoms with Crippen molar-refractivity contribution >= 4 is 17.6 Å². The molecule has 1 heterocycles. The van der Waals surface area contributed by atoms with Crippen molar-refractivity contribution in [1.82, 2.24) is 9.97 Å². The zero-order chi connectivity index (χ0) is 13.5. The molecule has 18 heavy (non-hydrogen) atoms. The summed E-state index contributed by atoms with van der Waals surface area (Å²) in [6.07, 6.45) is 0. The number of aromatic nitrogens is 2. The second kappa shape index (κ2) is 6.01. The van der Waals surface area contributed by atoms with Crippen LogP contribution < -0.4 is 11.1 Å². The van der Waals surface area contributed by atoms with E-state index in [-0.39, 0.29) is 36.2 Å². The van der Waals surface area contributed by atoms with Gasteiger partial charge in [-0.1, -0.05) is 0 Å². The zero-order valence-electron chi connectivity index (χ0n) is 9.60. The van der Waals surface area contributed by atoms with Crippen LogP contribution in [0.15, 0.2) is 0 Å². The van der Waals surface area contributed by atoms with Gasteiger partial charge in [-0.2, -0.15) is 10.5 Å². The first-order valence-electron chi connectivity index (χ1n) is 4.93. The number of nitrogens with zero attached hydrogens (tertiary/aromatic N) is 4. The number of anilines is 2. The van der Waals surface area contributed by atoms with Crippen molar-refractivity contribution < 1.29 is 9.53 Å². The van der Waals surface area contributed by atoms with E-state index in [0.717, 1.165) is 0 Å². The maximum atomic E-state index is 10.5. The molecule has 0 saturated heterocycles. The molecule has 1 rings (SSSR count). The number of hydrogen-bond acceptors (Lipinski definition) is 8. The van der Waals surface area contributed by atoms with Gasteiger partial charge in [0.1, 0.15) is 18.7 Å². The number of carbonyl (C=O) groups excluding carboxylic acids is 1. The van der Waals surface area contributed by atoms with Crippen LogP contribution in [0.1, 0.15) is 18.3 Å². The Morgan fingerprint density at radius 2 is 2.06 bits per heavy atom. The highest BCUT2D eigenvalue weighted by atomic mass is 16.5. The molecule has 8 nitrogen and oxygen atoms in total. The van der Waals surface area contributed by atoms with E-state index in [9.17, 15) is 4.79 Å². The predicted molar refractivity (Wildman–Crippen MR) is 61.0 cm³/mol. The molecule has 0 saturated carbocycles. The van der Waals surface area contributed by atoms with Gasteiger partial charge in [0.25, 0.3) is 0 Å². The standard InChI is InChI=1S/C10H10N6O2/c1-6(17)18-3-2-14-10-8(5-12)15-7(4-11)9(13)16-10/h2-3H2,1H3,(H3,13,14,16). The Morgan fingerprint density at radius 3 is 2.61 bits per heavy atom. The summed E-state index contributed by atoms with van der Waals surface area (Å²) in [5.74, 6) is -0.310. The van der Waals surface area contributed by atoms with Gasteiger partial charge >= 0.3 is 5.97 Å². The second-order valence-electron chi connectivity index (χ2n) is 3.15. The van der Waals surface area contributed by atoms with E-state index in [1.165, 1.54) is 6.92 Å². The van der Waals surface area contributed by atoms with Crippen LogP contribution in [0, 0.1) is 22.7 Å². The zero-order valence-corrected chi connectivity index (χ0v) is 9.60. The largest absolute Gasteiger partial charge is 0.464 e. The number of esters is 1. The van der Waals surface area contributed by atoms with E-state index in [4.69, 9.17) is 21.0 Å². The van der Waals surface area contributed by atoms with Gasteiger partial charge in [-0.05, 0) is 0 Å². The molecule has 1 aromatic rings. The van der Waals surface area contributed by atoms with Crippen LogP contribution >= 0.6 is 0 Å². The molecule has 0 bridgehead atoms. The van der Waals surface area contributed by atoms with Crippen LogP contribution in [0.2, 0.25) is 0 Å². The summed E-state index contributed by atoms with van der Waals surface area (Å²) in [6.45, 7) is 1.68. The second-order valence-corrected chi connectivity index (χ2v) is 3.15. The summed E-state index contributed by atoms with van der Waals surface area (Å²) in [4.78, 5) is 18.1. The molecule has 0 amide bonds. The molecule has 8 heteroatoms. The number of ether oxygens (including phenoxy) is 1. The molecule has 0 aromatic carbocycles. The number of rotatable bonds is 4. The van der Waals surface area contributed by atoms with Crippen molar-refractivity contribution in [3.63, 3.8) is 0 Å². The van der Waals surface area contributed by atoms with Gasteiger partial charge in [0.05, 0.1) is 6.54 Å². The van der Waals surface area contributed by atoms with Crippen molar-refractivity contribution in [2.75, 3.05) is 24.2 Å². The Balaban J connectivity index is 2.77. The summed E-state index contributed by atoms with van der Waals surface area (Å²) < 4.78 is 4.70. The van der Waals surface area contributed by atoms with Crippen molar-refractivity contribution in [1.29, 1.82) is 10.5 Å². The van der Waals surface area contributed by atoms with Gasteiger partial charge in [-0.25, -0.2) is 9.97 Å². The minimum absolute atomic E-state index is 0.0384. The fourth-order valence-corrected chi connectivity index (χ4v) is 1.10. The van der Waals surface area contributed by atoms with Crippen LogP contribution in [0.5, 0.6) is 0 Å². The SMILES string of the molecule is CC(=O)OCCNc1nc(N)c(C#N)nc1C#N. The molecule has 0 aliphatic rings. The number of nitrogen functional groups attached to an aromatic ring is 1. The number of carbonyl (C=O) groups is 1. The van der Waals surface area contributed by atoms with Crippen LogP contribution in [0.4, 0.5) is 11.6 Å². The normalized spacial score (nSPS) is 9.06. The Morgan fingerprint density at radius 1 is 1.39 bits per heavy atom. The molecule has 0 aliphatic heterocycles. The van der Waals surface area contributed by atoms with Gasteiger partial charge in [-0.15, -0.1) is 0 Å². The van der Waals surface area contributed by atoms with Crippen molar-refractivity contribution in [2.24, 2.45) is 0 Å². The minimum Gasteiger partial charge on any atom is -0.464 e. The summed E-state index contributed by atoms with van der Waals surface area (Å²) >= 11 is 0.